The third kappa shape index (κ3) is 3.22. The van der Waals surface area contributed by atoms with Crippen molar-refractivity contribution < 1.29 is 4.39 Å². The van der Waals surface area contributed by atoms with Gasteiger partial charge in [0, 0.05) is 15.8 Å². The lowest BCUT2D eigenvalue weighted by atomic mass is 10.1. The van der Waals surface area contributed by atoms with Gasteiger partial charge in [0.25, 0.3) is 0 Å². The van der Waals surface area contributed by atoms with Gasteiger partial charge in [-0.3, -0.25) is 0 Å². The molecular formula is C15H15FIN. The van der Waals surface area contributed by atoms with Crippen molar-refractivity contribution in [2.24, 2.45) is 0 Å². The van der Waals surface area contributed by atoms with Gasteiger partial charge in [0.1, 0.15) is 5.82 Å². The summed E-state index contributed by atoms with van der Waals surface area (Å²) < 4.78 is 13.9. The number of aryl methyl sites for hydroxylation is 2. The van der Waals surface area contributed by atoms with Gasteiger partial charge in [-0.05, 0) is 71.3 Å². The first-order valence-electron chi connectivity index (χ1n) is 5.81. The summed E-state index contributed by atoms with van der Waals surface area (Å²) in [6.45, 7) is 4.97. The second-order valence-electron chi connectivity index (χ2n) is 4.40. The molecule has 0 aliphatic rings. The minimum atomic E-state index is -0.198. The van der Waals surface area contributed by atoms with Crippen LogP contribution in [0.2, 0.25) is 0 Å². The predicted octanol–water partition coefficient (Wildman–Crippen LogP) is 4.66. The average Bonchev–Trinajstić information content (AvgIpc) is 2.32. The summed E-state index contributed by atoms with van der Waals surface area (Å²) in [7, 11) is 0. The maximum Gasteiger partial charge on any atom is 0.124 e. The van der Waals surface area contributed by atoms with E-state index >= 15 is 0 Å². The molecule has 0 atom stereocenters. The standard InChI is InChI=1S/C15H15FIN/c1-10-3-4-12(7-11(10)2)9-18-15-6-5-13(16)8-14(15)17/h3-8,18H,9H2,1-2H3. The van der Waals surface area contributed by atoms with Crippen molar-refractivity contribution in [3.8, 4) is 0 Å². The van der Waals surface area contributed by atoms with Crippen molar-refractivity contribution in [3.63, 3.8) is 0 Å². The van der Waals surface area contributed by atoms with Crippen molar-refractivity contribution >= 4 is 28.3 Å². The van der Waals surface area contributed by atoms with Gasteiger partial charge in [-0.15, -0.1) is 0 Å². The highest BCUT2D eigenvalue weighted by Crippen LogP contribution is 2.20. The van der Waals surface area contributed by atoms with Crippen LogP contribution in [0.4, 0.5) is 10.1 Å². The van der Waals surface area contributed by atoms with E-state index in [2.05, 4.69) is 60.0 Å². The third-order valence-corrected chi connectivity index (χ3v) is 3.88. The molecule has 0 saturated heterocycles. The van der Waals surface area contributed by atoms with Gasteiger partial charge in [-0.2, -0.15) is 0 Å². The minimum Gasteiger partial charge on any atom is -0.380 e. The quantitative estimate of drug-likeness (QED) is 0.790. The Morgan fingerprint density at radius 2 is 1.83 bits per heavy atom. The Morgan fingerprint density at radius 3 is 2.50 bits per heavy atom. The fraction of sp³-hybridized carbons (Fsp3) is 0.200. The number of anilines is 1. The van der Waals surface area contributed by atoms with Crippen LogP contribution in [-0.4, -0.2) is 0 Å². The zero-order valence-corrected chi connectivity index (χ0v) is 12.6. The molecule has 0 aliphatic heterocycles. The summed E-state index contributed by atoms with van der Waals surface area (Å²) in [5.41, 5.74) is 4.80. The number of hydrogen-bond acceptors (Lipinski definition) is 1. The van der Waals surface area contributed by atoms with E-state index in [9.17, 15) is 4.39 Å². The lowest BCUT2D eigenvalue weighted by Crippen LogP contribution is -2.01. The average molecular weight is 355 g/mol. The molecule has 2 aromatic carbocycles. The number of halogens is 2. The van der Waals surface area contributed by atoms with Crippen molar-refractivity contribution in [1.82, 2.24) is 0 Å². The molecule has 2 aromatic rings. The van der Waals surface area contributed by atoms with Crippen LogP contribution in [0.5, 0.6) is 0 Å². The summed E-state index contributed by atoms with van der Waals surface area (Å²) in [5, 5.41) is 3.33. The molecule has 0 saturated carbocycles. The van der Waals surface area contributed by atoms with Gasteiger partial charge in [0.05, 0.1) is 0 Å². The van der Waals surface area contributed by atoms with Crippen molar-refractivity contribution in [1.29, 1.82) is 0 Å². The first kappa shape index (κ1) is 13.3. The molecule has 2 rings (SSSR count). The van der Waals surface area contributed by atoms with E-state index < -0.39 is 0 Å². The second-order valence-corrected chi connectivity index (χ2v) is 5.56. The number of hydrogen-bond donors (Lipinski definition) is 1. The molecule has 1 nitrogen and oxygen atoms in total. The van der Waals surface area contributed by atoms with Gasteiger partial charge in [0.15, 0.2) is 0 Å². The van der Waals surface area contributed by atoms with Crippen LogP contribution in [-0.2, 0) is 6.54 Å². The topological polar surface area (TPSA) is 12.0 Å². The summed E-state index contributed by atoms with van der Waals surface area (Å²) in [6.07, 6.45) is 0. The molecule has 3 heteroatoms. The highest BCUT2D eigenvalue weighted by atomic mass is 127. The molecule has 0 fully saturated rings. The first-order valence-corrected chi connectivity index (χ1v) is 6.89. The molecule has 0 heterocycles. The monoisotopic (exact) mass is 355 g/mol. The van der Waals surface area contributed by atoms with E-state index in [1.807, 2.05) is 0 Å². The SMILES string of the molecule is Cc1ccc(CNc2ccc(F)cc2I)cc1C. The van der Waals surface area contributed by atoms with Crippen LogP contribution in [0.15, 0.2) is 36.4 Å². The highest BCUT2D eigenvalue weighted by Gasteiger charge is 2.02. The molecular weight excluding hydrogens is 340 g/mol. The molecule has 18 heavy (non-hydrogen) atoms. The Labute approximate surface area is 121 Å². The van der Waals surface area contributed by atoms with Crippen LogP contribution in [0.25, 0.3) is 0 Å². The van der Waals surface area contributed by atoms with Crippen LogP contribution in [0.3, 0.4) is 0 Å². The fourth-order valence-electron chi connectivity index (χ4n) is 1.74. The Bertz CT molecular complexity index is 566. The van der Waals surface area contributed by atoms with E-state index in [4.69, 9.17) is 0 Å². The molecule has 94 valence electrons. The second kappa shape index (κ2) is 5.69. The van der Waals surface area contributed by atoms with Gasteiger partial charge in [-0.1, -0.05) is 18.2 Å². The number of nitrogens with one attached hydrogen (secondary N) is 1. The molecule has 0 aromatic heterocycles. The van der Waals surface area contributed by atoms with E-state index in [0.717, 1.165) is 15.8 Å². The summed E-state index contributed by atoms with van der Waals surface area (Å²) in [6, 6.07) is 11.2. The fourth-order valence-corrected chi connectivity index (χ4v) is 2.41. The normalized spacial score (nSPS) is 10.4. The first-order chi connectivity index (χ1) is 8.56. The number of benzene rings is 2. The van der Waals surface area contributed by atoms with Gasteiger partial charge in [-0.25, -0.2) is 4.39 Å². The Morgan fingerprint density at radius 1 is 1.06 bits per heavy atom. The lowest BCUT2D eigenvalue weighted by molar-refractivity contribution is 0.627. The van der Waals surface area contributed by atoms with E-state index in [-0.39, 0.29) is 5.82 Å². The van der Waals surface area contributed by atoms with Gasteiger partial charge < -0.3 is 5.32 Å². The Balaban J connectivity index is 2.09. The summed E-state index contributed by atoms with van der Waals surface area (Å²) in [4.78, 5) is 0. The van der Waals surface area contributed by atoms with Crippen LogP contribution in [0, 0.1) is 23.2 Å². The smallest absolute Gasteiger partial charge is 0.124 e. The zero-order valence-electron chi connectivity index (χ0n) is 10.4. The lowest BCUT2D eigenvalue weighted by Gasteiger charge is -2.10. The molecule has 0 spiro atoms. The largest absolute Gasteiger partial charge is 0.380 e. The van der Waals surface area contributed by atoms with Crippen LogP contribution in [0.1, 0.15) is 16.7 Å². The van der Waals surface area contributed by atoms with E-state index in [0.29, 0.717) is 0 Å². The molecule has 0 bridgehead atoms. The predicted molar refractivity (Wildman–Crippen MR) is 82.4 cm³/mol. The van der Waals surface area contributed by atoms with Gasteiger partial charge >= 0.3 is 0 Å². The molecule has 0 amide bonds. The van der Waals surface area contributed by atoms with Crippen molar-refractivity contribution in [3.05, 3.63) is 62.5 Å². The van der Waals surface area contributed by atoms with Crippen molar-refractivity contribution in [2.45, 2.75) is 20.4 Å². The maximum atomic E-state index is 13.0. The Kier molecular flexibility index (Phi) is 4.22. The summed E-state index contributed by atoms with van der Waals surface area (Å²) >= 11 is 2.14. The van der Waals surface area contributed by atoms with Crippen molar-refractivity contribution in [2.75, 3.05) is 5.32 Å². The van der Waals surface area contributed by atoms with Crippen LogP contribution < -0.4 is 5.32 Å². The van der Waals surface area contributed by atoms with Crippen LogP contribution >= 0.6 is 22.6 Å². The highest BCUT2D eigenvalue weighted by molar-refractivity contribution is 14.1. The van der Waals surface area contributed by atoms with Gasteiger partial charge in [0.2, 0.25) is 0 Å². The zero-order chi connectivity index (χ0) is 13.1. The Hall–Kier alpha value is -1.10. The molecule has 0 unspecified atom stereocenters. The summed E-state index contributed by atoms with van der Waals surface area (Å²) in [5.74, 6) is -0.198. The molecule has 0 aliphatic carbocycles. The number of rotatable bonds is 3. The minimum absolute atomic E-state index is 0.198. The molecule has 1 N–H and O–H groups in total. The molecule has 0 radical (unpaired) electrons. The van der Waals surface area contributed by atoms with E-state index in [1.165, 1.54) is 28.8 Å². The van der Waals surface area contributed by atoms with E-state index in [1.54, 1.807) is 6.07 Å². The maximum absolute atomic E-state index is 13.0. The third-order valence-electron chi connectivity index (χ3n) is 2.99.